The molecule has 1 aliphatic heterocycles. The van der Waals surface area contributed by atoms with Gasteiger partial charge >= 0.3 is 7.12 Å². The van der Waals surface area contributed by atoms with E-state index >= 15 is 0 Å². The fraction of sp³-hybridized carbons (Fsp3) is 0.333. The molecule has 5 heteroatoms. The van der Waals surface area contributed by atoms with Gasteiger partial charge in [0.2, 0.25) is 0 Å². The van der Waals surface area contributed by atoms with Crippen molar-refractivity contribution < 1.29 is 19.5 Å². The summed E-state index contributed by atoms with van der Waals surface area (Å²) < 4.78 is 10.7. The lowest BCUT2D eigenvalue weighted by molar-refractivity contribution is 0.170. The van der Waals surface area contributed by atoms with E-state index in [1.807, 2.05) is 0 Å². The van der Waals surface area contributed by atoms with E-state index in [1.165, 1.54) is 0 Å². The first-order valence-electron chi connectivity index (χ1n) is 4.45. The summed E-state index contributed by atoms with van der Waals surface area (Å²) in [7, 11) is -1.47. The molecule has 1 aromatic carbocycles. The van der Waals surface area contributed by atoms with Crippen LogP contribution in [0.5, 0.6) is 11.5 Å². The monoisotopic (exact) mass is 194 g/mol. The SMILES string of the molecule is Cc1c(B(O)O)ccc2c1OCCO2. The van der Waals surface area contributed by atoms with Crippen LogP contribution in [-0.4, -0.2) is 30.4 Å². The van der Waals surface area contributed by atoms with Gasteiger partial charge in [-0.05, 0) is 24.0 Å². The minimum atomic E-state index is -1.47. The Morgan fingerprint density at radius 2 is 1.93 bits per heavy atom. The fourth-order valence-corrected chi connectivity index (χ4v) is 1.55. The number of fused-ring (bicyclic) bond motifs is 1. The van der Waals surface area contributed by atoms with Crippen molar-refractivity contribution in [2.45, 2.75) is 6.92 Å². The van der Waals surface area contributed by atoms with Crippen molar-refractivity contribution in [1.29, 1.82) is 0 Å². The molecule has 0 unspecified atom stereocenters. The number of benzene rings is 1. The Bertz CT molecular complexity index is 351. The van der Waals surface area contributed by atoms with E-state index in [0.29, 0.717) is 30.2 Å². The molecule has 0 radical (unpaired) electrons. The Kier molecular flexibility index (Phi) is 2.35. The molecule has 74 valence electrons. The zero-order chi connectivity index (χ0) is 10.1. The average molecular weight is 194 g/mol. The van der Waals surface area contributed by atoms with Gasteiger partial charge in [-0.2, -0.15) is 0 Å². The van der Waals surface area contributed by atoms with E-state index < -0.39 is 7.12 Å². The molecule has 2 N–H and O–H groups in total. The van der Waals surface area contributed by atoms with Crippen LogP contribution < -0.4 is 14.9 Å². The summed E-state index contributed by atoms with van der Waals surface area (Å²) in [6, 6.07) is 3.32. The predicted octanol–water partition coefficient (Wildman–Crippen LogP) is -0.554. The highest BCUT2D eigenvalue weighted by atomic mass is 16.6. The van der Waals surface area contributed by atoms with Gasteiger partial charge in [-0.25, -0.2) is 0 Å². The molecule has 1 heterocycles. The Hall–Kier alpha value is -1.20. The van der Waals surface area contributed by atoms with Gasteiger partial charge in [0.05, 0.1) is 0 Å². The van der Waals surface area contributed by atoms with Gasteiger partial charge in [0.25, 0.3) is 0 Å². The second-order valence-electron chi connectivity index (χ2n) is 3.18. The van der Waals surface area contributed by atoms with Crippen molar-refractivity contribution in [2.75, 3.05) is 13.2 Å². The summed E-state index contributed by atoms with van der Waals surface area (Å²) in [4.78, 5) is 0. The molecular formula is C9H11BO4. The van der Waals surface area contributed by atoms with Crippen LogP contribution in [0.2, 0.25) is 0 Å². The highest BCUT2D eigenvalue weighted by Gasteiger charge is 2.21. The van der Waals surface area contributed by atoms with Crippen LogP contribution >= 0.6 is 0 Å². The molecule has 0 aromatic heterocycles. The molecule has 1 aromatic rings. The molecule has 0 aliphatic carbocycles. The second kappa shape index (κ2) is 3.51. The quantitative estimate of drug-likeness (QED) is 0.588. The molecule has 2 rings (SSSR count). The Labute approximate surface area is 82.2 Å². The lowest BCUT2D eigenvalue weighted by Gasteiger charge is -2.21. The zero-order valence-corrected chi connectivity index (χ0v) is 7.86. The third-order valence-corrected chi connectivity index (χ3v) is 2.28. The molecule has 0 spiro atoms. The van der Waals surface area contributed by atoms with Gasteiger partial charge in [-0.15, -0.1) is 0 Å². The van der Waals surface area contributed by atoms with Crippen molar-refractivity contribution in [3.63, 3.8) is 0 Å². The van der Waals surface area contributed by atoms with Crippen molar-refractivity contribution in [3.8, 4) is 11.5 Å². The third kappa shape index (κ3) is 1.45. The summed E-state index contributed by atoms with van der Waals surface area (Å²) in [5.74, 6) is 1.28. The Balaban J connectivity index is 2.49. The average Bonchev–Trinajstić information content (AvgIpc) is 2.18. The van der Waals surface area contributed by atoms with Gasteiger partial charge in [0, 0.05) is 0 Å². The van der Waals surface area contributed by atoms with Crippen molar-refractivity contribution in [3.05, 3.63) is 17.7 Å². The van der Waals surface area contributed by atoms with Gasteiger partial charge < -0.3 is 19.5 Å². The van der Waals surface area contributed by atoms with Gasteiger partial charge in [0.1, 0.15) is 13.2 Å². The van der Waals surface area contributed by atoms with Gasteiger partial charge in [0.15, 0.2) is 11.5 Å². The summed E-state index contributed by atoms with van der Waals surface area (Å²) >= 11 is 0. The lowest BCUT2D eigenvalue weighted by atomic mass is 9.77. The smallest absolute Gasteiger partial charge is 0.486 e. The van der Waals surface area contributed by atoms with Gasteiger partial charge in [-0.1, -0.05) is 6.07 Å². The predicted molar refractivity (Wildman–Crippen MR) is 52.0 cm³/mol. The summed E-state index contributed by atoms with van der Waals surface area (Å²) in [5.41, 5.74) is 1.17. The van der Waals surface area contributed by atoms with E-state index in [0.717, 1.165) is 5.56 Å². The maximum absolute atomic E-state index is 9.07. The second-order valence-corrected chi connectivity index (χ2v) is 3.18. The molecule has 0 amide bonds. The normalized spacial score (nSPS) is 13.9. The molecule has 14 heavy (non-hydrogen) atoms. The largest absolute Gasteiger partial charge is 0.488 e. The van der Waals surface area contributed by atoms with Gasteiger partial charge in [-0.3, -0.25) is 0 Å². The number of rotatable bonds is 1. The van der Waals surface area contributed by atoms with Crippen LogP contribution in [0, 0.1) is 6.92 Å². The van der Waals surface area contributed by atoms with Crippen molar-refractivity contribution in [1.82, 2.24) is 0 Å². The van der Waals surface area contributed by atoms with E-state index in [9.17, 15) is 0 Å². The van der Waals surface area contributed by atoms with Crippen LogP contribution in [0.15, 0.2) is 12.1 Å². The summed E-state index contributed by atoms with van der Waals surface area (Å²) in [6.07, 6.45) is 0. The van der Waals surface area contributed by atoms with Crippen LogP contribution in [0.3, 0.4) is 0 Å². The molecule has 0 saturated heterocycles. The maximum atomic E-state index is 9.07. The van der Waals surface area contributed by atoms with E-state index in [2.05, 4.69) is 0 Å². The highest BCUT2D eigenvalue weighted by molar-refractivity contribution is 6.59. The van der Waals surface area contributed by atoms with E-state index in [1.54, 1.807) is 19.1 Å². The van der Waals surface area contributed by atoms with E-state index in [4.69, 9.17) is 19.5 Å². The third-order valence-electron chi connectivity index (χ3n) is 2.28. The van der Waals surface area contributed by atoms with Crippen LogP contribution in [0.4, 0.5) is 0 Å². The Morgan fingerprint density at radius 3 is 2.64 bits per heavy atom. The van der Waals surface area contributed by atoms with Crippen LogP contribution in [0.1, 0.15) is 5.56 Å². The molecule has 1 aliphatic rings. The van der Waals surface area contributed by atoms with Crippen molar-refractivity contribution in [2.24, 2.45) is 0 Å². The summed E-state index contributed by atoms with van der Waals surface area (Å²) in [6.45, 7) is 2.81. The molecular weight excluding hydrogens is 183 g/mol. The standard InChI is InChI=1S/C9H11BO4/c1-6-7(10(11)12)2-3-8-9(6)14-5-4-13-8/h2-3,11-12H,4-5H2,1H3. The first-order valence-corrected chi connectivity index (χ1v) is 4.45. The first kappa shape index (κ1) is 9.36. The molecule has 0 saturated carbocycles. The van der Waals surface area contributed by atoms with Crippen LogP contribution in [0.25, 0.3) is 0 Å². The minimum Gasteiger partial charge on any atom is -0.486 e. The fourth-order valence-electron chi connectivity index (χ4n) is 1.55. The molecule has 0 bridgehead atoms. The first-order chi connectivity index (χ1) is 6.70. The lowest BCUT2D eigenvalue weighted by Crippen LogP contribution is -2.33. The molecule has 4 nitrogen and oxygen atoms in total. The molecule has 0 atom stereocenters. The number of hydrogen-bond acceptors (Lipinski definition) is 4. The topological polar surface area (TPSA) is 58.9 Å². The molecule has 0 fully saturated rings. The zero-order valence-electron chi connectivity index (χ0n) is 7.86. The maximum Gasteiger partial charge on any atom is 0.488 e. The summed E-state index contributed by atoms with van der Waals surface area (Å²) in [5, 5.41) is 18.1. The number of hydrogen-bond donors (Lipinski definition) is 2. The minimum absolute atomic E-state index is 0.453. The van der Waals surface area contributed by atoms with E-state index in [-0.39, 0.29) is 0 Å². The van der Waals surface area contributed by atoms with Crippen molar-refractivity contribution >= 4 is 12.6 Å². The highest BCUT2D eigenvalue weighted by Crippen LogP contribution is 2.31. The van der Waals surface area contributed by atoms with Crippen LogP contribution in [-0.2, 0) is 0 Å². The Morgan fingerprint density at radius 1 is 1.21 bits per heavy atom. The number of ether oxygens (including phenoxy) is 2.